The molecule has 20 heavy (non-hydrogen) atoms. The molecule has 1 amide bonds. The summed E-state index contributed by atoms with van der Waals surface area (Å²) >= 11 is 1.66. The Bertz CT molecular complexity index is 586. The smallest absolute Gasteiger partial charge is 0.337 e. The number of aryl methyl sites for hydroxylation is 1. The summed E-state index contributed by atoms with van der Waals surface area (Å²) in [4.78, 5) is 26.8. The van der Waals surface area contributed by atoms with Crippen molar-refractivity contribution in [1.29, 1.82) is 0 Å². The van der Waals surface area contributed by atoms with Gasteiger partial charge in [0, 0.05) is 18.5 Å². The number of likely N-dealkylation sites (tertiary alicyclic amines) is 1. The maximum atomic E-state index is 12.3. The van der Waals surface area contributed by atoms with Crippen molar-refractivity contribution in [1.82, 2.24) is 4.90 Å². The summed E-state index contributed by atoms with van der Waals surface area (Å²) in [5.41, 5.74) is 1.73. The minimum atomic E-state index is -0.310. The van der Waals surface area contributed by atoms with Gasteiger partial charge < -0.3 is 9.64 Å². The summed E-state index contributed by atoms with van der Waals surface area (Å²) in [6.45, 7) is 0.835. The summed E-state index contributed by atoms with van der Waals surface area (Å²) in [5.74, 6) is -0.0695. The topological polar surface area (TPSA) is 46.6 Å². The molecule has 0 saturated carbocycles. The molecule has 1 spiro atoms. The number of carbonyl (C=O) groups is 2. The lowest BCUT2D eigenvalue weighted by Gasteiger charge is -2.32. The first-order chi connectivity index (χ1) is 9.55. The third-order valence-electron chi connectivity index (χ3n) is 4.17. The van der Waals surface area contributed by atoms with E-state index in [0.29, 0.717) is 5.56 Å². The van der Waals surface area contributed by atoms with Crippen LogP contribution in [0.15, 0.2) is 23.1 Å². The fourth-order valence-electron chi connectivity index (χ4n) is 2.95. The molecule has 0 aromatic heterocycles. The van der Waals surface area contributed by atoms with Gasteiger partial charge in [0.15, 0.2) is 0 Å². The molecule has 1 fully saturated rings. The third-order valence-corrected chi connectivity index (χ3v) is 5.76. The molecule has 2 aliphatic rings. The van der Waals surface area contributed by atoms with Gasteiger partial charge in [0.1, 0.15) is 4.75 Å². The molecule has 1 saturated heterocycles. The predicted molar refractivity (Wildman–Crippen MR) is 76.9 cm³/mol. The van der Waals surface area contributed by atoms with Crippen LogP contribution in [0, 0.1) is 0 Å². The first-order valence-corrected chi connectivity index (χ1v) is 7.53. The molecule has 2 aliphatic heterocycles. The minimum absolute atomic E-state index is 0.241. The zero-order valence-corrected chi connectivity index (χ0v) is 12.5. The molecule has 3 rings (SSSR count). The first kappa shape index (κ1) is 13.5. The quantitative estimate of drug-likeness (QED) is 0.744. The molecule has 106 valence electrons. The Morgan fingerprint density at radius 1 is 1.40 bits per heavy atom. The van der Waals surface area contributed by atoms with Crippen molar-refractivity contribution in [3.63, 3.8) is 0 Å². The number of hydrogen-bond acceptors (Lipinski definition) is 4. The lowest BCUT2D eigenvalue weighted by Crippen LogP contribution is -2.37. The highest BCUT2D eigenvalue weighted by Crippen LogP contribution is 2.48. The average Bonchev–Trinajstić information content (AvgIpc) is 2.75. The van der Waals surface area contributed by atoms with E-state index in [4.69, 9.17) is 4.74 Å². The van der Waals surface area contributed by atoms with E-state index in [1.807, 2.05) is 24.1 Å². The van der Waals surface area contributed by atoms with Crippen molar-refractivity contribution in [3.8, 4) is 0 Å². The second kappa shape index (κ2) is 4.81. The molecule has 0 radical (unpaired) electrons. The van der Waals surface area contributed by atoms with Gasteiger partial charge in [0.25, 0.3) is 0 Å². The molecule has 0 aliphatic carbocycles. The van der Waals surface area contributed by atoms with Crippen LogP contribution in [0.2, 0.25) is 0 Å². The van der Waals surface area contributed by atoms with Crippen LogP contribution < -0.4 is 0 Å². The van der Waals surface area contributed by atoms with Crippen LogP contribution >= 0.6 is 11.8 Å². The van der Waals surface area contributed by atoms with Crippen LogP contribution in [-0.2, 0) is 16.0 Å². The Morgan fingerprint density at radius 2 is 2.20 bits per heavy atom. The zero-order valence-electron chi connectivity index (χ0n) is 11.6. The molecular weight excluding hydrogens is 274 g/mol. The lowest BCUT2D eigenvalue weighted by atomic mass is 9.95. The Labute approximate surface area is 122 Å². The number of esters is 1. The molecule has 1 aromatic rings. The van der Waals surface area contributed by atoms with Crippen molar-refractivity contribution in [3.05, 3.63) is 29.3 Å². The Hall–Kier alpha value is -1.49. The van der Waals surface area contributed by atoms with Gasteiger partial charge in [-0.2, -0.15) is 0 Å². The van der Waals surface area contributed by atoms with Gasteiger partial charge in [-0.3, -0.25) is 4.79 Å². The fourth-order valence-corrected chi connectivity index (χ4v) is 4.44. The monoisotopic (exact) mass is 291 g/mol. The molecule has 2 heterocycles. The normalized spacial score (nSPS) is 24.9. The van der Waals surface area contributed by atoms with E-state index < -0.39 is 0 Å². The highest BCUT2D eigenvalue weighted by atomic mass is 32.2. The van der Waals surface area contributed by atoms with E-state index >= 15 is 0 Å². The molecule has 1 atom stereocenters. The molecule has 1 aromatic carbocycles. The van der Waals surface area contributed by atoms with Gasteiger partial charge in [-0.25, -0.2) is 4.79 Å². The highest BCUT2D eigenvalue weighted by Gasteiger charge is 2.47. The molecular formula is C15H17NO3S. The summed E-state index contributed by atoms with van der Waals surface area (Å²) < 4.78 is 4.46. The number of carbonyl (C=O) groups excluding carboxylic acids is 2. The van der Waals surface area contributed by atoms with Crippen LogP contribution in [0.1, 0.15) is 28.8 Å². The van der Waals surface area contributed by atoms with Gasteiger partial charge in [-0.15, -0.1) is 11.8 Å². The number of amides is 1. The zero-order chi connectivity index (χ0) is 14.3. The van der Waals surface area contributed by atoms with Gasteiger partial charge >= 0.3 is 5.97 Å². The van der Waals surface area contributed by atoms with Gasteiger partial charge in [-0.05, 0) is 43.0 Å². The van der Waals surface area contributed by atoms with Gasteiger partial charge in [0.05, 0.1) is 12.7 Å². The number of benzene rings is 1. The Balaban J connectivity index is 1.90. The maximum Gasteiger partial charge on any atom is 0.337 e. The summed E-state index contributed by atoms with van der Waals surface area (Å²) in [7, 11) is 3.26. The summed E-state index contributed by atoms with van der Waals surface area (Å²) in [6, 6.07) is 5.61. The molecule has 5 heteroatoms. The molecule has 1 unspecified atom stereocenters. The van der Waals surface area contributed by atoms with E-state index in [0.717, 1.165) is 36.3 Å². The number of hydrogen-bond donors (Lipinski definition) is 0. The largest absolute Gasteiger partial charge is 0.465 e. The van der Waals surface area contributed by atoms with Crippen LogP contribution in [0.3, 0.4) is 0 Å². The number of ether oxygens (including phenoxy) is 1. The van der Waals surface area contributed by atoms with Crippen molar-refractivity contribution in [2.45, 2.75) is 28.9 Å². The van der Waals surface area contributed by atoms with Crippen molar-refractivity contribution in [2.75, 3.05) is 20.7 Å². The van der Waals surface area contributed by atoms with E-state index in [1.165, 1.54) is 7.11 Å². The van der Waals surface area contributed by atoms with Crippen molar-refractivity contribution in [2.24, 2.45) is 0 Å². The summed E-state index contributed by atoms with van der Waals surface area (Å²) in [6.07, 6.45) is 2.59. The van der Waals surface area contributed by atoms with E-state index in [1.54, 1.807) is 17.8 Å². The van der Waals surface area contributed by atoms with Crippen LogP contribution in [-0.4, -0.2) is 42.2 Å². The number of methoxy groups -OCH3 is 1. The number of thioether (sulfide) groups is 1. The second-order valence-electron chi connectivity index (χ2n) is 5.39. The standard InChI is InChI=1S/C15H17NO3S/c1-16-8-7-15(14(16)18)6-5-10-9-11(13(17)19-2)3-4-12(10)20-15/h3-4,9H,5-8H2,1-2H3. The Kier molecular flexibility index (Phi) is 3.24. The number of rotatable bonds is 1. The average molecular weight is 291 g/mol. The van der Waals surface area contributed by atoms with Crippen molar-refractivity contribution >= 4 is 23.6 Å². The number of fused-ring (bicyclic) bond motifs is 1. The predicted octanol–water partition coefficient (Wildman–Crippen LogP) is 2.11. The maximum absolute atomic E-state index is 12.3. The van der Waals surface area contributed by atoms with Crippen molar-refractivity contribution < 1.29 is 14.3 Å². The third kappa shape index (κ3) is 2.00. The van der Waals surface area contributed by atoms with Gasteiger partial charge in [0.2, 0.25) is 5.91 Å². The SMILES string of the molecule is COC(=O)c1ccc2c(c1)CCC1(CCN(C)C1=O)S2. The van der Waals surface area contributed by atoms with Crippen LogP contribution in [0.4, 0.5) is 0 Å². The lowest BCUT2D eigenvalue weighted by molar-refractivity contribution is -0.128. The molecule has 0 N–H and O–H groups in total. The van der Waals surface area contributed by atoms with E-state index in [2.05, 4.69) is 0 Å². The second-order valence-corrected chi connectivity index (χ2v) is 6.81. The molecule has 0 bridgehead atoms. The first-order valence-electron chi connectivity index (χ1n) is 6.71. The summed E-state index contributed by atoms with van der Waals surface area (Å²) in [5, 5.41) is 0. The van der Waals surface area contributed by atoms with Gasteiger partial charge in [-0.1, -0.05) is 0 Å². The molecule has 4 nitrogen and oxygen atoms in total. The fraction of sp³-hybridized carbons (Fsp3) is 0.467. The van der Waals surface area contributed by atoms with E-state index in [9.17, 15) is 9.59 Å². The van der Waals surface area contributed by atoms with Crippen LogP contribution in [0.25, 0.3) is 0 Å². The van der Waals surface area contributed by atoms with E-state index in [-0.39, 0.29) is 16.6 Å². The minimum Gasteiger partial charge on any atom is -0.465 e. The Morgan fingerprint density at radius 3 is 2.85 bits per heavy atom. The highest BCUT2D eigenvalue weighted by molar-refractivity contribution is 8.01. The number of nitrogens with zero attached hydrogens (tertiary/aromatic N) is 1. The van der Waals surface area contributed by atoms with Crippen LogP contribution in [0.5, 0.6) is 0 Å².